The monoisotopic (exact) mass is 266 g/mol. The van der Waals surface area contributed by atoms with E-state index in [-0.39, 0.29) is 0 Å². The first-order valence-electron chi connectivity index (χ1n) is 7.19. The molecule has 0 aliphatic heterocycles. The van der Waals surface area contributed by atoms with Crippen LogP contribution in [0.2, 0.25) is 0 Å². The number of ether oxygens (including phenoxy) is 1. The van der Waals surface area contributed by atoms with Crippen LogP contribution in [0.5, 0.6) is 5.88 Å². The number of aliphatic hydroxyl groups excluding tert-OH is 1. The molecule has 0 spiro atoms. The lowest BCUT2D eigenvalue weighted by Gasteiger charge is -2.34. The van der Waals surface area contributed by atoms with Crippen LogP contribution in [0, 0.1) is 24.7 Å². The fourth-order valence-corrected chi connectivity index (χ4v) is 3.74. The number of hydrogen-bond donors (Lipinski definition) is 1. The molecule has 3 unspecified atom stereocenters. The fraction of sp³-hybridized carbons (Fsp3) is 0.800. The molecular formula is C15H26N2O2. The Morgan fingerprint density at radius 1 is 1.26 bits per heavy atom. The van der Waals surface area contributed by atoms with Gasteiger partial charge in [-0.15, -0.1) is 0 Å². The summed E-state index contributed by atoms with van der Waals surface area (Å²) in [5, 5.41) is 15.1. The molecule has 1 N–H and O–H groups in total. The van der Waals surface area contributed by atoms with Crippen LogP contribution >= 0.6 is 0 Å². The average molecular weight is 266 g/mol. The van der Waals surface area contributed by atoms with E-state index in [4.69, 9.17) is 4.74 Å². The standard InChI is InChI=1S/C15H26N2O2/c1-9-6-10(2)8-12(7-9)14(18)13-11(3)16-17(4)15(13)19-5/h9-10,12,14,18H,6-8H2,1-5H3. The predicted octanol–water partition coefficient (Wildman–Crippen LogP) is 2.84. The van der Waals surface area contributed by atoms with Gasteiger partial charge in [-0.05, 0) is 43.9 Å². The van der Waals surface area contributed by atoms with E-state index in [2.05, 4.69) is 18.9 Å². The fourth-order valence-electron chi connectivity index (χ4n) is 3.74. The number of rotatable bonds is 3. The van der Waals surface area contributed by atoms with Crippen molar-refractivity contribution in [3.8, 4) is 5.88 Å². The number of aromatic nitrogens is 2. The third-order valence-corrected chi connectivity index (χ3v) is 4.36. The smallest absolute Gasteiger partial charge is 0.217 e. The normalized spacial score (nSPS) is 29.3. The SMILES string of the molecule is COc1c(C(O)C2CC(C)CC(C)C2)c(C)nn1C. The van der Waals surface area contributed by atoms with Gasteiger partial charge in [0.15, 0.2) is 0 Å². The van der Waals surface area contributed by atoms with Gasteiger partial charge in [0.05, 0.1) is 24.5 Å². The lowest BCUT2D eigenvalue weighted by molar-refractivity contribution is 0.0528. The molecule has 4 heteroatoms. The maximum Gasteiger partial charge on any atom is 0.217 e. The summed E-state index contributed by atoms with van der Waals surface area (Å²) in [4.78, 5) is 0. The number of nitrogens with zero attached hydrogens (tertiary/aromatic N) is 2. The molecule has 3 atom stereocenters. The van der Waals surface area contributed by atoms with E-state index in [1.54, 1.807) is 11.8 Å². The first-order chi connectivity index (χ1) is 8.93. The molecular weight excluding hydrogens is 240 g/mol. The van der Waals surface area contributed by atoms with Gasteiger partial charge in [0, 0.05) is 7.05 Å². The second-order valence-corrected chi connectivity index (χ2v) is 6.25. The van der Waals surface area contributed by atoms with E-state index < -0.39 is 6.10 Å². The van der Waals surface area contributed by atoms with E-state index in [0.29, 0.717) is 23.6 Å². The minimum atomic E-state index is -0.464. The number of aryl methyl sites for hydroxylation is 2. The van der Waals surface area contributed by atoms with Crippen molar-refractivity contribution in [3.05, 3.63) is 11.3 Å². The van der Waals surface area contributed by atoms with Crippen LogP contribution in [0.3, 0.4) is 0 Å². The lowest BCUT2D eigenvalue weighted by atomic mass is 9.73. The molecule has 0 radical (unpaired) electrons. The van der Waals surface area contributed by atoms with Crippen molar-refractivity contribution in [2.45, 2.75) is 46.1 Å². The van der Waals surface area contributed by atoms with Crippen molar-refractivity contribution in [1.29, 1.82) is 0 Å². The predicted molar refractivity (Wildman–Crippen MR) is 75.1 cm³/mol. The molecule has 1 fully saturated rings. The van der Waals surface area contributed by atoms with Gasteiger partial charge in [0.25, 0.3) is 0 Å². The summed E-state index contributed by atoms with van der Waals surface area (Å²) in [5.74, 6) is 2.38. The molecule has 108 valence electrons. The first kappa shape index (κ1) is 14.4. The quantitative estimate of drug-likeness (QED) is 0.915. The van der Waals surface area contributed by atoms with E-state index in [1.807, 2.05) is 14.0 Å². The van der Waals surface area contributed by atoms with Crippen LogP contribution in [0.4, 0.5) is 0 Å². The Kier molecular flexibility index (Phi) is 4.19. The Morgan fingerprint density at radius 3 is 2.37 bits per heavy atom. The summed E-state index contributed by atoms with van der Waals surface area (Å²) in [6.45, 7) is 6.50. The number of methoxy groups -OCH3 is 1. The molecule has 1 saturated carbocycles. The topological polar surface area (TPSA) is 47.3 Å². The Balaban J connectivity index is 2.26. The summed E-state index contributed by atoms with van der Waals surface area (Å²) in [6, 6.07) is 0. The summed E-state index contributed by atoms with van der Waals surface area (Å²) in [5.41, 5.74) is 1.74. The largest absolute Gasteiger partial charge is 0.481 e. The highest BCUT2D eigenvalue weighted by Crippen LogP contribution is 2.42. The highest BCUT2D eigenvalue weighted by molar-refractivity contribution is 5.33. The molecule has 1 aliphatic carbocycles. The summed E-state index contributed by atoms with van der Waals surface area (Å²) in [6.07, 6.45) is 2.98. The molecule has 0 bridgehead atoms. The molecule has 0 aromatic carbocycles. The van der Waals surface area contributed by atoms with Gasteiger partial charge in [-0.25, -0.2) is 4.68 Å². The number of aliphatic hydroxyl groups is 1. The molecule has 2 rings (SSSR count). The minimum Gasteiger partial charge on any atom is -0.481 e. The Morgan fingerprint density at radius 2 is 1.84 bits per heavy atom. The van der Waals surface area contributed by atoms with E-state index >= 15 is 0 Å². The summed E-state index contributed by atoms with van der Waals surface area (Å²) >= 11 is 0. The van der Waals surface area contributed by atoms with Crippen LogP contribution in [0.25, 0.3) is 0 Å². The molecule has 1 aromatic heterocycles. The summed E-state index contributed by atoms with van der Waals surface area (Å²) in [7, 11) is 3.49. The zero-order chi connectivity index (χ0) is 14.2. The van der Waals surface area contributed by atoms with E-state index in [9.17, 15) is 5.11 Å². The van der Waals surface area contributed by atoms with Gasteiger partial charge in [0.2, 0.25) is 5.88 Å². The van der Waals surface area contributed by atoms with Crippen LogP contribution in [0.1, 0.15) is 50.5 Å². The van der Waals surface area contributed by atoms with Crippen LogP contribution in [-0.2, 0) is 7.05 Å². The maximum atomic E-state index is 10.8. The van der Waals surface area contributed by atoms with Crippen molar-refractivity contribution in [3.63, 3.8) is 0 Å². The van der Waals surface area contributed by atoms with Gasteiger partial charge < -0.3 is 9.84 Å². The minimum absolute atomic E-state index is 0.315. The van der Waals surface area contributed by atoms with Gasteiger partial charge in [-0.2, -0.15) is 5.10 Å². The van der Waals surface area contributed by atoms with E-state index in [1.165, 1.54) is 6.42 Å². The Labute approximate surface area is 115 Å². The van der Waals surface area contributed by atoms with Gasteiger partial charge in [-0.3, -0.25) is 0 Å². The van der Waals surface area contributed by atoms with Crippen LogP contribution in [-0.4, -0.2) is 22.0 Å². The van der Waals surface area contributed by atoms with Crippen molar-refractivity contribution in [1.82, 2.24) is 9.78 Å². The molecule has 19 heavy (non-hydrogen) atoms. The second-order valence-electron chi connectivity index (χ2n) is 6.25. The van der Waals surface area contributed by atoms with Gasteiger partial charge >= 0.3 is 0 Å². The second kappa shape index (κ2) is 5.53. The zero-order valence-electron chi connectivity index (χ0n) is 12.7. The Hall–Kier alpha value is -1.03. The number of hydrogen-bond acceptors (Lipinski definition) is 3. The van der Waals surface area contributed by atoms with Crippen molar-refractivity contribution in [2.75, 3.05) is 7.11 Å². The van der Waals surface area contributed by atoms with Crippen LogP contribution < -0.4 is 4.74 Å². The average Bonchev–Trinajstić information content (AvgIpc) is 2.61. The lowest BCUT2D eigenvalue weighted by Crippen LogP contribution is -2.25. The van der Waals surface area contributed by atoms with E-state index in [0.717, 1.165) is 24.1 Å². The third kappa shape index (κ3) is 2.78. The van der Waals surface area contributed by atoms with Crippen molar-refractivity contribution in [2.24, 2.45) is 24.8 Å². The Bertz CT molecular complexity index is 432. The first-order valence-corrected chi connectivity index (χ1v) is 7.19. The molecule has 1 heterocycles. The highest BCUT2D eigenvalue weighted by Gasteiger charge is 2.33. The molecule has 0 amide bonds. The van der Waals surface area contributed by atoms with Crippen LogP contribution in [0.15, 0.2) is 0 Å². The zero-order valence-corrected chi connectivity index (χ0v) is 12.7. The summed E-state index contributed by atoms with van der Waals surface area (Å²) < 4.78 is 7.11. The van der Waals surface area contributed by atoms with Crippen molar-refractivity contribution >= 4 is 0 Å². The van der Waals surface area contributed by atoms with Crippen molar-refractivity contribution < 1.29 is 9.84 Å². The van der Waals surface area contributed by atoms with Gasteiger partial charge in [0.1, 0.15) is 0 Å². The van der Waals surface area contributed by atoms with Gasteiger partial charge in [-0.1, -0.05) is 13.8 Å². The maximum absolute atomic E-state index is 10.8. The molecule has 0 saturated heterocycles. The highest BCUT2D eigenvalue weighted by atomic mass is 16.5. The molecule has 1 aliphatic rings. The molecule has 1 aromatic rings. The molecule has 4 nitrogen and oxygen atoms in total. The third-order valence-electron chi connectivity index (χ3n) is 4.36.